The van der Waals surface area contributed by atoms with Crippen LogP contribution in [0.5, 0.6) is 0 Å². The van der Waals surface area contributed by atoms with Crippen LogP contribution in [0.25, 0.3) is 22.0 Å². The summed E-state index contributed by atoms with van der Waals surface area (Å²) in [5.41, 5.74) is 1.87. The Kier molecular flexibility index (Phi) is 7.53. The fourth-order valence-electron chi connectivity index (χ4n) is 4.21. The van der Waals surface area contributed by atoms with Crippen molar-refractivity contribution in [3.05, 3.63) is 130 Å². The van der Waals surface area contributed by atoms with Crippen molar-refractivity contribution >= 4 is 40.1 Å². The number of hydrogen-bond acceptors (Lipinski definition) is 3. The normalized spacial score (nSPS) is 11.3. The van der Waals surface area contributed by atoms with Gasteiger partial charge in [-0.15, -0.1) is 0 Å². The third kappa shape index (κ3) is 5.97. The Hall–Kier alpha value is -4.69. The number of alkyl halides is 3. The first kappa shape index (κ1) is 26.9. The Morgan fingerprint density at radius 3 is 2.17 bits per heavy atom. The van der Waals surface area contributed by atoms with E-state index in [0.717, 1.165) is 17.7 Å². The summed E-state index contributed by atoms with van der Waals surface area (Å²) in [6.45, 7) is 0.229. The third-order valence-electron chi connectivity index (χ3n) is 6.26. The molecule has 0 saturated heterocycles. The molecule has 0 saturated carbocycles. The molecule has 2 amide bonds. The Morgan fingerprint density at radius 1 is 0.775 bits per heavy atom. The van der Waals surface area contributed by atoms with E-state index in [-0.39, 0.29) is 23.5 Å². The number of nitrogens with one attached hydrogen (secondary N) is 2. The van der Waals surface area contributed by atoms with E-state index >= 15 is 0 Å². The Bertz CT molecular complexity index is 1700. The predicted molar refractivity (Wildman–Crippen MR) is 149 cm³/mol. The molecule has 4 aromatic carbocycles. The van der Waals surface area contributed by atoms with Gasteiger partial charge >= 0.3 is 6.18 Å². The van der Waals surface area contributed by atoms with Crippen molar-refractivity contribution in [2.45, 2.75) is 12.7 Å². The molecule has 0 aliphatic rings. The zero-order valence-electron chi connectivity index (χ0n) is 20.8. The molecule has 0 aliphatic heterocycles. The maximum atomic E-state index is 13.5. The number of halogens is 4. The number of pyridine rings is 1. The van der Waals surface area contributed by atoms with Crippen molar-refractivity contribution in [2.75, 3.05) is 5.32 Å². The molecular weight excluding hydrogens is 539 g/mol. The Morgan fingerprint density at radius 2 is 1.45 bits per heavy atom. The molecule has 40 heavy (non-hydrogen) atoms. The number of hydrogen-bond donors (Lipinski definition) is 2. The van der Waals surface area contributed by atoms with Crippen LogP contribution >= 0.6 is 11.6 Å². The summed E-state index contributed by atoms with van der Waals surface area (Å²) in [6, 6.07) is 27.0. The van der Waals surface area contributed by atoms with E-state index < -0.39 is 23.6 Å². The molecule has 0 fully saturated rings. The lowest BCUT2D eigenvalue weighted by Gasteiger charge is -2.14. The Labute approximate surface area is 232 Å². The summed E-state index contributed by atoms with van der Waals surface area (Å²) in [4.78, 5) is 31.3. The SMILES string of the molecule is O=C(Nc1nc2ccccc2cc1C(=O)NCc1ccc(Cl)cc1)c1ccccc1-c1ccc(C(F)(F)F)cc1. The molecule has 2 N–H and O–H groups in total. The minimum Gasteiger partial charge on any atom is -0.348 e. The number of amides is 2. The van der Waals surface area contributed by atoms with Gasteiger partial charge in [0.1, 0.15) is 5.82 Å². The molecule has 5 nitrogen and oxygen atoms in total. The van der Waals surface area contributed by atoms with Crippen molar-refractivity contribution in [3.63, 3.8) is 0 Å². The van der Waals surface area contributed by atoms with Gasteiger partial charge in [-0.05, 0) is 59.2 Å². The average molecular weight is 560 g/mol. The summed E-state index contributed by atoms with van der Waals surface area (Å²) in [7, 11) is 0. The molecule has 1 heterocycles. The third-order valence-corrected chi connectivity index (χ3v) is 6.51. The van der Waals surface area contributed by atoms with Crippen molar-refractivity contribution in [1.29, 1.82) is 0 Å². The lowest BCUT2D eigenvalue weighted by Crippen LogP contribution is -2.25. The second-order valence-corrected chi connectivity index (χ2v) is 9.40. The van der Waals surface area contributed by atoms with Gasteiger partial charge in [0.25, 0.3) is 11.8 Å². The van der Waals surface area contributed by atoms with Crippen LogP contribution in [0.2, 0.25) is 5.02 Å². The first-order valence-electron chi connectivity index (χ1n) is 12.2. The highest BCUT2D eigenvalue weighted by Crippen LogP contribution is 2.32. The first-order chi connectivity index (χ1) is 19.2. The van der Waals surface area contributed by atoms with Gasteiger partial charge in [-0.25, -0.2) is 4.98 Å². The molecule has 0 atom stereocenters. The van der Waals surface area contributed by atoms with E-state index in [0.29, 0.717) is 27.1 Å². The van der Waals surface area contributed by atoms with Gasteiger partial charge in [0.05, 0.1) is 16.6 Å². The molecule has 0 radical (unpaired) electrons. The highest BCUT2D eigenvalue weighted by Gasteiger charge is 2.30. The van der Waals surface area contributed by atoms with Crippen molar-refractivity contribution < 1.29 is 22.8 Å². The van der Waals surface area contributed by atoms with Crippen LogP contribution in [0.4, 0.5) is 19.0 Å². The molecule has 5 aromatic rings. The number of rotatable bonds is 6. The largest absolute Gasteiger partial charge is 0.416 e. The van der Waals surface area contributed by atoms with Crippen LogP contribution in [0.3, 0.4) is 0 Å². The topological polar surface area (TPSA) is 71.1 Å². The van der Waals surface area contributed by atoms with E-state index in [2.05, 4.69) is 15.6 Å². The number of nitrogens with zero attached hydrogens (tertiary/aromatic N) is 1. The molecule has 1 aromatic heterocycles. The van der Waals surface area contributed by atoms with E-state index in [1.165, 1.54) is 12.1 Å². The summed E-state index contributed by atoms with van der Waals surface area (Å²) < 4.78 is 39.1. The first-order valence-corrected chi connectivity index (χ1v) is 12.6. The van der Waals surface area contributed by atoms with Gasteiger partial charge < -0.3 is 10.6 Å². The van der Waals surface area contributed by atoms with Crippen LogP contribution in [0.15, 0.2) is 103 Å². The highest BCUT2D eigenvalue weighted by molar-refractivity contribution is 6.30. The van der Waals surface area contributed by atoms with Crippen LogP contribution in [-0.4, -0.2) is 16.8 Å². The Balaban J connectivity index is 1.45. The zero-order chi connectivity index (χ0) is 28.3. The predicted octanol–water partition coefficient (Wildman–Crippen LogP) is 7.76. The monoisotopic (exact) mass is 559 g/mol. The summed E-state index contributed by atoms with van der Waals surface area (Å²) in [6.07, 6.45) is -4.47. The zero-order valence-corrected chi connectivity index (χ0v) is 21.6. The number of anilines is 1. The van der Waals surface area contributed by atoms with Crippen molar-refractivity contribution in [1.82, 2.24) is 10.3 Å². The van der Waals surface area contributed by atoms with Crippen LogP contribution in [0.1, 0.15) is 31.8 Å². The number of benzene rings is 4. The smallest absolute Gasteiger partial charge is 0.348 e. The number of para-hydroxylation sites is 1. The molecule has 200 valence electrons. The second kappa shape index (κ2) is 11.2. The number of carbonyl (C=O) groups is 2. The minimum absolute atomic E-state index is 0.0551. The number of aromatic nitrogens is 1. The van der Waals surface area contributed by atoms with Gasteiger partial charge in [-0.2, -0.15) is 13.2 Å². The van der Waals surface area contributed by atoms with Gasteiger partial charge in [-0.3, -0.25) is 9.59 Å². The fourth-order valence-corrected chi connectivity index (χ4v) is 4.34. The quantitative estimate of drug-likeness (QED) is 0.223. The molecule has 0 bridgehead atoms. The summed E-state index contributed by atoms with van der Waals surface area (Å²) >= 11 is 5.94. The summed E-state index contributed by atoms with van der Waals surface area (Å²) in [5.74, 6) is -0.955. The molecule has 0 unspecified atom stereocenters. The van der Waals surface area contributed by atoms with Crippen LogP contribution in [-0.2, 0) is 12.7 Å². The lowest BCUT2D eigenvalue weighted by molar-refractivity contribution is -0.137. The summed E-state index contributed by atoms with van der Waals surface area (Å²) in [5, 5.41) is 6.87. The standard InChI is InChI=1S/C31H21ClF3N3O2/c32-23-15-9-19(10-16-23)18-36-29(39)26-17-21-5-1-4-8-27(21)37-28(26)38-30(40)25-7-3-2-6-24(25)20-11-13-22(14-12-20)31(33,34)35/h1-17H,18H2,(H,36,39)(H,37,38,40). The fraction of sp³-hybridized carbons (Fsp3) is 0.0645. The average Bonchev–Trinajstić information content (AvgIpc) is 2.96. The molecule has 0 spiro atoms. The second-order valence-electron chi connectivity index (χ2n) is 8.96. The maximum absolute atomic E-state index is 13.5. The molecule has 9 heteroatoms. The van der Waals surface area contributed by atoms with Crippen molar-refractivity contribution in [2.24, 2.45) is 0 Å². The minimum atomic E-state index is -4.47. The van der Waals surface area contributed by atoms with E-state index in [4.69, 9.17) is 11.6 Å². The van der Waals surface area contributed by atoms with Crippen LogP contribution < -0.4 is 10.6 Å². The highest BCUT2D eigenvalue weighted by atomic mass is 35.5. The van der Waals surface area contributed by atoms with Crippen LogP contribution in [0, 0.1) is 0 Å². The van der Waals surface area contributed by atoms with E-state index in [1.807, 2.05) is 12.1 Å². The van der Waals surface area contributed by atoms with Gasteiger partial charge in [0, 0.05) is 22.5 Å². The van der Waals surface area contributed by atoms with E-state index in [9.17, 15) is 22.8 Å². The number of fused-ring (bicyclic) bond motifs is 1. The number of carbonyl (C=O) groups excluding carboxylic acids is 2. The molecular formula is C31H21ClF3N3O2. The van der Waals surface area contributed by atoms with E-state index in [1.54, 1.807) is 66.7 Å². The molecule has 5 rings (SSSR count). The maximum Gasteiger partial charge on any atom is 0.416 e. The van der Waals surface area contributed by atoms with Gasteiger partial charge in [0.15, 0.2) is 0 Å². The van der Waals surface area contributed by atoms with Gasteiger partial charge in [0.2, 0.25) is 0 Å². The van der Waals surface area contributed by atoms with Gasteiger partial charge in [-0.1, -0.05) is 72.3 Å². The van der Waals surface area contributed by atoms with Crippen molar-refractivity contribution in [3.8, 4) is 11.1 Å². The molecule has 0 aliphatic carbocycles. The lowest BCUT2D eigenvalue weighted by atomic mass is 9.98.